The van der Waals surface area contributed by atoms with E-state index in [1.807, 2.05) is 4.90 Å². The van der Waals surface area contributed by atoms with E-state index in [4.69, 9.17) is 9.05 Å². The summed E-state index contributed by atoms with van der Waals surface area (Å²) in [5, 5.41) is 10.9. The predicted molar refractivity (Wildman–Crippen MR) is 119 cm³/mol. The average molecular weight is 475 g/mol. The van der Waals surface area contributed by atoms with Crippen molar-refractivity contribution < 1.29 is 27.3 Å². The zero-order chi connectivity index (χ0) is 23.4. The lowest BCUT2D eigenvalue weighted by Crippen LogP contribution is -2.46. The van der Waals surface area contributed by atoms with E-state index in [0.29, 0.717) is 13.1 Å². The van der Waals surface area contributed by atoms with Crippen molar-refractivity contribution >= 4 is 19.1 Å². The molecular weight excluding hydrogens is 455 g/mol. The molecule has 3 aromatic rings. The molecule has 8 nitrogen and oxygen atoms in total. The van der Waals surface area contributed by atoms with E-state index in [2.05, 4.69) is 0 Å². The summed E-state index contributed by atoms with van der Waals surface area (Å²) in [4.78, 5) is 12.3. The fourth-order valence-corrected chi connectivity index (χ4v) is 5.13. The zero-order valence-electron chi connectivity index (χ0n) is 17.3. The minimum absolute atomic E-state index is 0.0153. The normalized spacial score (nSPS) is 14.7. The molecule has 1 heterocycles. The molecule has 0 aromatic heterocycles. The summed E-state index contributed by atoms with van der Waals surface area (Å²) in [6.45, 7) is 1.19. The number of piperazine rings is 1. The van der Waals surface area contributed by atoms with Gasteiger partial charge in [0.15, 0.2) is 23.1 Å². The summed E-state index contributed by atoms with van der Waals surface area (Å²) in [6.07, 6.45) is 0. The van der Waals surface area contributed by atoms with E-state index >= 15 is 0 Å². The Morgan fingerprint density at radius 2 is 1.27 bits per heavy atom. The average Bonchev–Trinajstić information content (AvgIpc) is 2.82. The van der Waals surface area contributed by atoms with Gasteiger partial charge in [0, 0.05) is 44.0 Å². The van der Waals surface area contributed by atoms with Crippen LogP contribution in [0, 0.1) is 21.7 Å². The summed E-state index contributed by atoms with van der Waals surface area (Å²) in [5.74, 6) is -1.98. The van der Waals surface area contributed by atoms with E-state index in [1.165, 1.54) is 53.2 Å². The first-order valence-corrected chi connectivity index (χ1v) is 11.6. The minimum Gasteiger partial charge on any atom is -0.401 e. The summed E-state index contributed by atoms with van der Waals surface area (Å²) in [5.41, 5.74) is 0.749. The third-order valence-electron chi connectivity index (χ3n) is 5.13. The Morgan fingerprint density at radius 1 is 0.788 bits per heavy atom. The van der Waals surface area contributed by atoms with Crippen molar-refractivity contribution in [3.8, 4) is 11.5 Å². The second kappa shape index (κ2) is 9.56. The van der Waals surface area contributed by atoms with Crippen LogP contribution >= 0.6 is 7.75 Å². The molecule has 33 heavy (non-hydrogen) atoms. The number of hydrogen-bond acceptors (Lipinski definition) is 6. The largest absolute Gasteiger partial charge is 0.515 e. The molecule has 1 aliphatic heterocycles. The molecule has 0 atom stereocenters. The second-order valence-electron chi connectivity index (χ2n) is 7.23. The van der Waals surface area contributed by atoms with Gasteiger partial charge in [0.1, 0.15) is 0 Å². The van der Waals surface area contributed by atoms with Gasteiger partial charge >= 0.3 is 7.75 Å². The van der Waals surface area contributed by atoms with Crippen LogP contribution in [-0.2, 0) is 4.57 Å². The number of para-hydroxylation sites is 2. The number of rotatable bonds is 7. The molecule has 4 rings (SSSR count). The molecule has 1 aliphatic rings. The fraction of sp³-hybridized carbons (Fsp3) is 0.182. The fourth-order valence-electron chi connectivity index (χ4n) is 3.40. The molecular formula is C22H20F2N3O5P. The maximum Gasteiger partial charge on any atom is 0.515 e. The van der Waals surface area contributed by atoms with Crippen LogP contribution in [0.3, 0.4) is 0 Å². The first-order valence-electron chi connectivity index (χ1n) is 10.1. The topological polar surface area (TPSA) is 85.2 Å². The zero-order valence-corrected chi connectivity index (χ0v) is 18.2. The smallest absolute Gasteiger partial charge is 0.401 e. The highest BCUT2D eigenvalue weighted by Crippen LogP contribution is 2.53. The second-order valence-corrected chi connectivity index (χ2v) is 9.09. The lowest BCUT2D eigenvalue weighted by molar-refractivity contribution is -0.384. The van der Waals surface area contributed by atoms with Crippen molar-refractivity contribution in [2.24, 2.45) is 0 Å². The van der Waals surface area contributed by atoms with Crippen LogP contribution in [0.25, 0.3) is 0 Å². The number of anilines is 1. The highest BCUT2D eigenvalue weighted by molar-refractivity contribution is 7.52. The van der Waals surface area contributed by atoms with Crippen molar-refractivity contribution in [2.75, 3.05) is 31.1 Å². The van der Waals surface area contributed by atoms with Crippen molar-refractivity contribution in [3.05, 3.63) is 94.5 Å². The predicted octanol–water partition coefficient (Wildman–Crippen LogP) is 5.26. The maximum atomic E-state index is 14.2. The van der Waals surface area contributed by atoms with Crippen molar-refractivity contribution in [1.82, 2.24) is 4.67 Å². The molecule has 0 N–H and O–H groups in total. The third-order valence-corrected chi connectivity index (χ3v) is 7.08. The van der Waals surface area contributed by atoms with Crippen LogP contribution in [0.1, 0.15) is 0 Å². The van der Waals surface area contributed by atoms with E-state index in [0.717, 1.165) is 17.8 Å². The number of nitro benzene ring substituents is 1. The molecule has 1 fully saturated rings. The van der Waals surface area contributed by atoms with Gasteiger partial charge in [-0.2, -0.15) is 4.67 Å². The van der Waals surface area contributed by atoms with Gasteiger partial charge in [-0.15, -0.1) is 0 Å². The molecule has 3 aromatic carbocycles. The third kappa shape index (κ3) is 5.13. The monoisotopic (exact) mass is 475 g/mol. The highest BCUT2D eigenvalue weighted by Gasteiger charge is 2.40. The molecule has 0 bridgehead atoms. The lowest BCUT2D eigenvalue weighted by atomic mass is 10.2. The van der Waals surface area contributed by atoms with Crippen LogP contribution in [0.15, 0.2) is 72.8 Å². The van der Waals surface area contributed by atoms with Gasteiger partial charge in [0.25, 0.3) is 5.69 Å². The van der Waals surface area contributed by atoms with Gasteiger partial charge < -0.3 is 13.9 Å². The first kappa shape index (κ1) is 22.7. The Hall–Kier alpha value is -3.49. The molecule has 0 spiro atoms. The Bertz CT molecular complexity index is 1140. The summed E-state index contributed by atoms with van der Waals surface area (Å²) in [6, 6.07) is 17.0. The molecule has 0 saturated carbocycles. The molecule has 0 amide bonds. The highest BCUT2D eigenvalue weighted by atomic mass is 31.2. The van der Waals surface area contributed by atoms with E-state index in [-0.39, 0.29) is 30.3 Å². The van der Waals surface area contributed by atoms with Gasteiger partial charge in [-0.25, -0.2) is 13.3 Å². The van der Waals surface area contributed by atoms with Crippen LogP contribution in [0.4, 0.5) is 20.2 Å². The van der Waals surface area contributed by atoms with E-state index in [1.54, 1.807) is 12.1 Å². The first-order chi connectivity index (χ1) is 15.9. The molecule has 1 saturated heterocycles. The quantitative estimate of drug-likeness (QED) is 0.262. The number of halogens is 2. The van der Waals surface area contributed by atoms with E-state index in [9.17, 15) is 23.5 Å². The Kier molecular flexibility index (Phi) is 6.57. The summed E-state index contributed by atoms with van der Waals surface area (Å²) >= 11 is 0. The van der Waals surface area contributed by atoms with Gasteiger partial charge in [0.05, 0.1) is 4.92 Å². The van der Waals surface area contributed by atoms with Crippen molar-refractivity contribution in [1.29, 1.82) is 0 Å². The number of nitro groups is 1. The summed E-state index contributed by atoms with van der Waals surface area (Å²) < 4.78 is 54.8. The Labute approximate surface area is 188 Å². The van der Waals surface area contributed by atoms with E-state index < -0.39 is 24.3 Å². The Balaban J connectivity index is 1.55. The molecule has 0 unspecified atom stereocenters. The molecule has 11 heteroatoms. The summed E-state index contributed by atoms with van der Waals surface area (Å²) in [7, 11) is -4.19. The van der Waals surface area contributed by atoms with Gasteiger partial charge in [-0.05, 0) is 36.4 Å². The number of non-ortho nitro benzene ring substituents is 1. The van der Waals surface area contributed by atoms with Crippen LogP contribution in [0.5, 0.6) is 11.5 Å². The molecule has 0 aliphatic carbocycles. The number of hydrogen-bond donors (Lipinski definition) is 0. The van der Waals surface area contributed by atoms with Crippen LogP contribution in [0.2, 0.25) is 0 Å². The van der Waals surface area contributed by atoms with Crippen LogP contribution < -0.4 is 13.9 Å². The molecule has 172 valence electrons. The van der Waals surface area contributed by atoms with Gasteiger partial charge in [0.2, 0.25) is 0 Å². The van der Waals surface area contributed by atoms with Gasteiger partial charge in [-0.3, -0.25) is 10.1 Å². The van der Waals surface area contributed by atoms with Crippen molar-refractivity contribution in [3.63, 3.8) is 0 Å². The number of benzene rings is 3. The van der Waals surface area contributed by atoms with Crippen molar-refractivity contribution in [2.45, 2.75) is 0 Å². The maximum absolute atomic E-state index is 14.2. The number of nitrogens with zero attached hydrogens (tertiary/aromatic N) is 3. The standard InChI is InChI=1S/C22H20F2N3O5P/c23-19-5-1-3-7-21(19)31-33(30,32-22-8-4-2-6-20(22)24)26-15-13-25(14-16-26)17-9-11-18(12-10-17)27(28)29/h1-12H,13-16H2. The van der Waals surface area contributed by atoms with Gasteiger partial charge in [-0.1, -0.05) is 24.3 Å². The molecule has 0 radical (unpaired) electrons. The minimum atomic E-state index is -4.19. The SMILES string of the molecule is O=[N+]([O-])c1ccc(N2CCN(P(=O)(Oc3ccccc3F)Oc3ccccc3F)CC2)cc1. The Morgan fingerprint density at radius 3 is 1.73 bits per heavy atom. The lowest BCUT2D eigenvalue weighted by Gasteiger charge is -2.38. The van der Waals surface area contributed by atoms with Crippen LogP contribution in [-0.4, -0.2) is 35.8 Å².